The van der Waals surface area contributed by atoms with Crippen LogP contribution < -0.4 is 0 Å². The molecule has 2 aliphatic rings. The molecule has 3 heterocycles. The molecule has 7 nitrogen and oxygen atoms in total. The second-order valence-corrected chi connectivity index (χ2v) is 8.54. The van der Waals surface area contributed by atoms with Crippen molar-refractivity contribution in [3.63, 3.8) is 0 Å². The highest BCUT2D eigenvalue weighted by atomic mass is 19.1. The van der Waals surface area contributed by atoms with Crippen LogP contribution >= 0.6 is 0 Å². The van der Waals surface area contributed by atoms with Gasteiger partial charge in [0.05, 0.1) is 36.7 Å². The molecular weight excluding hydrogens is 375 g/mol. The minimum absolute atomic E-state index is 0.0292. The molecular formula is C21H27FN4O3. The zero-order valence-electron chi connectivity index (χ0n) is 17.0. The fraction of sp³-hybridized carbons (Fsp3) is 0.524. The van der Waals surface area contributed by atoms with E-state index in [0.717, 1.165) is 17.9 Å². The monoisotopic (exact) mass is 402 g/mol. The van der Waals surface area contributed by atoms with Crippen LogP contribution in [0.5, 0.6) is 0 Å². The van der Waals surface area contributed by atoms with Crippen molar-refractivity contribution >= 4 is 6.09 Å². The summed E-state index contributed by atoms with van der Waals surface area (Å²) in [5.74, 6) is -0.272. The van der Waals surface area contributed by atoms with Gasteiger partial charge in [0.1, 0.15) is 11.4 Å². The Hall–Kier alpha value is -2.45. The average molecular weight is 402 g/mol. The third-order valence-corrected chi connectivity index (χ3v) is 5.23. The van der Waals surface area contributed by atoms with Gasteiger partial charge < -0.3 is 14.4 Å². The maximum Gasteiger partial charge on any atom is 0.410 e. The molecule has 0 radical (unpaired) electrons. The molecule has 2 fully saturated rings. The van der Waals surface area contributed by atoms with E-state index in [1.165, 1.54) is 12.1 Å². The molecule has 4 rings (SSSR count). The number of halogens is 1. The first-order chi connectivity index (χ1) is 13.8. The van der Waals surface area contributed by atoms with E-state index in [2.05, 4.69) is 10.00 Å². The van der Waals surface area contributed by atoms with Crippen molar-refractivity contribution < 1.29 is 18.7 Å². The summed E-state index contributed by atoms with van der Waals surface area (Å²) in [5.41, 5.74) is 1.30. The normalized spacial score (nSPS) is 22.6. The molecule has 0 saturated carbocycles. The molecule has 0 bridgehead atoms. The van der Waals surface area contributed by atoms with Crippen molar-refractivity contribution in [2.24, 2.45) is 0 Å². The molecule has 1 aromatic heterocycles. The largest absolute Gasteiger partial charge is 0.444 e. The van der Waals surface area contributed by atoms with Gasteiger partial charge in [0.15, 0.2) is 0 Å². The average Bonchev–Trinajstić information content (AvgIpc) is 3.28. The highest BCUT2D eigenvalue weighted by molar-refractivity contribution is 5.68. The summed E-state index contributed by atoms with van der Waals surface area (Å²) in [5, 5.41) is 4.40. The number of carbonyl (C=O) groups is 1. The van der Waals surface area contributed by atoms with E-state index < -0.39 is 5.60 Å². The maximum absolute atomic E-state index is 13.3. The SMILES string of the molecule is CC(C)(C)OC(=O)N1C[C@@H]2OCCN(Cc3ccnn3-c3ccc(F)cc3)[C@@H]2C1. The first-order valence-corrected chi connectivity index (χ1v) is 9.92. The molecule has 2 aromatic rings. The molecule has 0 N–H and O–H groups in total. The Bertz CT molecular complexity index is 862. The summed E-state index contributed by atoms with van der Waals surface area (Å²) in [6.07, 6.45) is 1.42. The molecule has 0 aliphatic carbocycles. The number of nitrogens with zero attached hydrogens (tertiary/aromatic N) is 4. The van der Waals surface area contributed by atoms with Crippen LogP contribution in [0.25, 0.3) is 5.69 Å². The van der Waals surface area contributed by atoms with Gasteiger partial charge in [-0.1, -0.05) is 0 Å². The van der Waals surface area contributed by atoms with Gasteiger partial charge in [-0.2, -0.15) is 5.10 Å². The number of aromatic nitrogens is 2. The lowest BCUT2D eigenvalue weighted by molar-refractivity contribution is -0.0511. The molecule has 2 aliphatic heterocycles. The lowest BCUT2D eigenvalue weighted by atomic mass is 10.1. The number of likely N-dealkylation sites (tertiary alicyclic amines) is 1. The number of hydrogen-bond acceptors (Lipinski definition) is 5. The number of morpholine rings is 1. The Morgan fingerprint density at radius 1 is 1.24 bits per heavy atom. The summed E-state index contributed by atoms with van der Waals surface area (Å²) in [4.78, 5) is 16.5. The molecule has 1 aromatic carbocycles. The van der Waals surface area contributed by atoms with Crippen molar-refractivity contribution in [3.8, 4) is 5.69 Å². The Balaban J connectivity index is 1.47. The Morgan fingerprint density at radius 2 is 2.00 bits per heavy atom. The van der Waals surface area contributed by atoms with Crippen LogP contribution in [0.2, 0.25) is 0 Å². The Labute approximate surface area is 170 Å². The van der Waals surface area contributed by atoms with Gasteiger partial charge in [0.25, 0.3) is 0 Å². The van der Waals surface area contributed by atoms with Crippen LogP contribution in [0.1, 0.15) is 26.5 Å². The molecule has 0 spiro atoms. The summed E-state index contributed by atoms with van der Waals surface area (Å²) >= 11 is 0. The summed E-state index contributed by atoms with van der Waals surface area (Å²) in [7, 11) is 0. The molecule has 0 unspecified atom stereocenters. The number of amides is 1. The first kappa shape index (κ1) is 19.8. The van der Waals surface area contributed by atoms with Gasteiger partial charge in [-0.3, -0.25) is 4.90 Å². The van der Waals surface area contributed by atoms with Gasteiger partial charge in [-0.15, -0.1) is 0 Å². The van der Waals surface area contributed by atoms with Gasteiger partial charge >= 0.3 is 6.09 Å². The van der Waals surface area contributed by atoms with Crippen molar-refractivity contribution in [2.45, 2.75) is 45.1 Å². The van der Waals surface area contributed by atoms with Crippen LogP contribution in [-0.2, 0) is 16.0 Å². The van der Waals surface area contributed by atoms with Crippen molar-refractivity contribution in [1.29, 1.82) is 0 Å². The predicted octanol–water partition coefficient (Wildman–Crippen LogP) is 2.83. The molecule has 2 saturated heterocycles. The number of carbonyl (C=O) groups excluding carboxylic acids is 1. The lowest BCUT2D eigenvalue weighted by Gasteiger charge is -2.36. The van der Waals surface area contributed by atoms with Gasteiger partial charge in [0.2, 0.25) is 0 Å². The van der Waals surface area contributed by atoms with E-state index in [0.29, 0.717) is 26.2 Å². The molecule has 2 atom stereocenters. The fourth-order valence-corrected chi connectivity index (χ4v) is 3.90. The van der Waals surface area contributed by atoms with Crippen LogP contribution in [0.4, 0.5) is 9.18 Å². The van der Waals surface area contributed by atoms with Crippen LogP contribution in [0, 0.1) is 5.82 Å². The van der Waals surface area contributed by atoms with Crippen molar-refractivity contribution in [2.75, 3.05) is 26.2 Å². The fourth-order valence-electron chi connectivity index (χ4n) is 3.90. The minimum atomic E-state index is -0.521. The third kappa shape index (κ3) is 4.43. The van der Waals surface area contributed by atoms with E-state index in [-0.39, 0.29) is 24.1 Å². The maximum atomic E-state index is 13.3. The number of hydrogen-bond donors (Lipinski definition) is 0. The second-order valence-electron chi connectivity index (χ2n) is 8.54. The number of ether oxygens (including phenoxy) is 2. The zero-order chi connectivity index (χ0) is 20.6. The lowest BCUT2D eigenvalue weighted by Crippen LogP contribution is -2.50. The van der Waals surface area contributed by atoms with E-state index in [4.69, 9.17) is 9.47 Å². The number of rotatable bonds is 3. The van der Waals surface area contributed by atoms with E-state index in [1.807, 2.05) is 31.5 Å². The van der Waals surface area contributed by atoms with Crippen LogP contribution in [0.15, 0.2) is 36.5 Å². The van der Waals surface area contributed by atoms with Gasteiger partial charge in [-0.25, -0.2) is 13.9 Å². The Kier molecular flexibility index (Phi) is 5.31. The van der Waals surface area contributed by atoms with Gasteiger partial charge in [-0.05, 0) is 51.1 Å². The van der Waals surface area contributed by atoms with Crippen molar-refractivity contribution in [1.82, 2.24) is 19.6 Å². The van der Waals surface area contributed by atoms with Crippen LogP contribution in [0.3, 0.4) is 0 Å². The first-order valence-electron chi connectivity index (χ1n) is 9.92. The van der Waals surface area contributed by atoms with E-state index in [1.54, 1.807) is 23.2 Å². The number of benzene rings is 1. The molecule has 1 amide bonds. The highest BCUT2D eigenvalue weighted by Gasteiger charge is 2.43. The summed E-state index contributed by atoms with van der Waals surface area (Å²) in [6.45, 7) is 8.78. The third-order valence-electron chi connectivity index (χ3n) is 5.23. The standard InChI is InChI=1S/C21H27FN4O3/c1-21(2,3)29-20(27)25-13-18-19(14-25)28-11-10-24(18)12-17-8-9-23-26(17)16-6-4-15(22)5-7-16/h4-9,18-19H,10-14H2,1-3H3/t18-,19+/m1/s1. The van der Waals surface area contributed by atoms with E-state index >= 15 is 0 Å². The Morgan fingerprint density at radius 3 is 2.72 bits per heavy atom. The zero-order valence-corrected chi connectivity index (χ0v) is 17.0. The highest BCUT2D eigenvalue weighted by Crippen LogP contribution is 2.26. The minimum Gasteiger partial charge on any atom is -0.444 e. The molecule has 8 heteroatoms. The molecule has 156 valence electrons. The second kappa shape index (κ2) is 7.76. The number of fused-ring (bicyclic) bond motifs is 1. The summed E-state index contributed by atoms with van der Waals surface area (Å²) < 4.78 is 26.5. The van der Waals surface area contributed by atoms with Crippen molar-refractivity contribution in [3.05, 3.63) is 48.0 Å². The van der Waals surface area contributed by atoms with E-state index in [9.17, 15) is 9.18 Å². The summed E-state index contributed by atoms with van der Waals surface area (Å²) in [6, 6.07) is 8.37. The quantitative estimate of drug-likeness (QED) is 0.790. The predicted molar refractivity (Wildman–Crippen MR) is 105 cm³/mol. The van der Waals surface area contributed by atoms with Crippen LogP contribution in [-0.4, -0.2) is 69.7 Å². The van der Waals surface area contributed by atoms with Gasteiger partial charge in [0, 0.05) is 25.8 Å². The smallest absolute Gasteiger partial charge is 0.410 e. The molecule has 29 heavy (non-hydrogen) atoms. The topological polar surface area (TPSA) is 59.8 Å².